The van der Waals surface area contributed by atoms with Crippen molar-refractivity contribution in [2.24, 2.45) is 0 Å². The summed E-state index contributed by atoms with van der Waals surface area (Å²) in [7, 11) is 1.90. The molecule has 0 radical (unpaired) electrons. The first-order chi connectivity index (χ1) is 5.74. The Morgan fingerprint density at radius 2 is 1.83 bits per heavy atom. The zero-order valence-electron chi connectivity index (χ0n) is 8.11. The molecule has 0 unspecified atom stereocenters. The summed E-state index contributed by atoms with van der Waals surface area (Å²) in [6, 6.07) is 5.78. The van der Waals surface area contributed by atoms with E-state index in [1.807, 2.05) is 46.0 Å². The SMILES string of the molecule is CC.CNc1ccc(Cl)cc1C. The fraction of sp³-hybridized carbons (Fsp3) is 0.400. The number of rotatable bonds is 1. The summed E-state index contributed by atoms with van der Waals surface area (Å²) in [5.74, 6) is 0. The Morgan fingerprint density at radius 1 is 1.25 bits per heavy atom. The predicted molar refractivity (Wildman–Crippen MR) is 57.1 cm³/mol. The lowest BCUT2D eigenvalue weighted by molar-refractivity contribution is 1.41. The van der Waals surface area contributed by atoms with Crippen LogP contribution >= 0.6 is 11.6 Å². The first-order valence-corrected chi connectivity index (χ1v) is 4.55. The average Bonchev–Trinajstić information content (AvgIpc) is 2.08. The van der Waals surface area contributed by atoms with Gasteiger partial charge >= 0.3 is 0 Å². The third kappa shape index (κ3) is 3.14. The van der Waals surface area contributed by atoms with Gasteiger partial charge in [-0.2, -0.15) is 0 Å². The highest BCUT2D eigenvalue weighted by molar-refractivity contribution is 6.30. The van der Waals surface area contributed by atoms with Crippen LogP contribution in [0.25, 0.3) is 0 Å². The first kappa shape index (κ1) is 11.3. The number of anilines is 1. The summed E-state index contributed by atoms with van der Waals surface area (Å²) in [5, 5.41) is 3.85. The molecule has 1 nitrogen and oxygen atoms in total. The second-order valence-corrected chi connectivity index (χ2v) is 2.65. The summed E-state index contributed by atoms with van der Waals surface area (Å²) in [4.78, 5) is 0. The van der Waals surface area contributed by atoms with Crippen molar-refractivity contribution in [2.45, 2.75) is 20.8 Å². The number of hydrogen-bond acceptors (Lipinski definition) is 1. The van der Waals surface area contributed by atoms with Crippen molar-refractivity contribution >= 4 is 17.3 Å². The monoisotopic (exact) mass is 185 g/mol. The van der Waals surface area contributed by atoms with E-state index in [0.29, 0.717) is 0 Å². The van der Waals surface area contributed by atoms with Gasteiger partial charge in [0.1, 0.15) is 0 Å². The van der Waals surface area contributed by atoms with Crippen molar-refractivity contribution in [3.63, 3.8) is 0 Å². The van der Waals surface area contributed by atoms with Crippen LogP contribution < -0.4 is 5.32 Å². The largest absolute Gasteiger partial charge is 0.388 e. The van der Waals surface area contributed by atoms with Crippen molar-refractivity contribution in [1.82, 2.24) is 0 Å². The number of nitrogens with one attached hydrogen (secondary N) is 1. The Balaban J connectivity index is 0.000000561. The molecular weight excluding hydrogens is 170 g/mol. The van der Waals surface area contributed by atoms with Crippen LogP contribution in [0.3, 0.4) is 0 Å². The molecule has 0 amide bonds. The van der Waals surface area contributed by atoms with E-state index in [9.17, 15) is 0 Å². The van der Waals surface area contributed by atoms with Crippen LogP contribution in [0.4, 0.5) is 5.69 Å². The van der Waals surface area contributed by atoms with E-state index >= 15 is 0 Å². The van der Waals surface area contributed by atoms with Crippen LogP contribution in [0.1, 0.15) is 19.4 Å². The molecular formula is C10H16ClN. The molecule has 0 atom stereocenters. The van der Waals surface area contributed by atoms with E-state index in [0.717, 1.165) is 10.7 Å². The van der Waals surface area contributed by atoms with Crippen LogP contribution in [0.2, 0.25) is 5.02 Å². The van der Waals surface area contributed by atoms with Crippen molar-refractivity contribution in [3.05, 3.63) is 28.8 Å². The van der Waals surface area contributed by atoms with Gasteiger partial charge in [0.05, 0.1) is 0 Å². The quantitative estimate of drug-likeness (QED) is 0.704. The highest BCUT2D eigenvalue weighted by atomic mass is 35.5. The molecule has 0 bridgehead atoms. The van der Waals surface area contributed by atoms with Gasteiger partial charge in [-0.3, -0.25) is 0 Å². The van der Waals surface area contributed by atoms with Crippen molar-refractivity contribution in [2.75, 3.05) is 12.4 Å². The molecule has 0 aliphatic rings. The summed E-state index contributed by atoms with van der Waals surface area (Å²) < 4.78 is 0. The molecule has 1 rings (SSSR count). The smallest absolute Gasteiger partial charge is 0.0410 e. The van der Waals surface area contributed by atoms with Gasteiger partial charge in [0.25, 0.3) is 0 Å². The average molecular weight is 186 g/mol. The minimum atomic E-state index is 0.788. The molecule has 0 aliphatic carbocycles. The lowest BCUT2D eigenvalue weighted by Crippen LogP contribution is -1.89. The Hall–Kier alpha value is -0.690. The maximum absolute atomic E-state index is 5.75. The molecule has 0 aromatic heterocycles. The topological polar surface area (TPSA) is 12.0 Å². The van der Waals surface area contributed by atoms with Gasteiger partial charge in [0.2, 0.25) is 0 Å². The maximum atomic E-state index is 5.75. The molecule has 0 spiro atoms. The highest BCUT2D eigenvalue weighted by Crippen LogP contribution is 2.18. The molecule has 0 fully saturated rings. The van der Waals surface area contributed by atoms with Crippen LogP contribution in [-0.2, 0) is 0 Å². The summed E-state index contributed by atoms with van der Waals surface area (Å²) in [6.45, 7) is 6.03. The fourth-order valence-corrected chi connectivity index (χ4v) is 1.13. The van der Waals surface area contributed by atoms with Gasteiger partial charge in [-0.25, -0.2) is 0 Å². The van der Waals surface area contributed by atoms with Crippen LogP contribution in [0.5, 0.6) is 0 Å². The van der Waals surface area contributed by atoms with E-state index in [2.05, 4.69) is 5.32 Å². The van der Waals surface area contributed by atoms with Gasteiger partial charge in [-0.05, 0) is 30.7 Å². The van der Waals surface area contributed by atoms with Gasteiger partial charge in [-0.15, -0.1) is 0 Å². The number of halogens is 1. The number of aryl methyl sites for hydroxylation is 1. The van der Waals surface area contributed by atoms with E-state index in [4.69, 9.17) is 11.6 Å². The summed E-state index contributed by atoms with van der Waals surface area (Å²) in [6.07, 6.45) is 0. The maximum Gasteiger partial charge on any atom is 0.0410 e. The minimum Gasteiger partial charge on any atom is -0.388 e. The second-order valence-electron chi connectivity index (χ2n) is 2.21. The van der Waals surface area contributed by atoms with E-state index in [-0.39, 0.29) is 0 Å². The van der Waals surface area contributed by atoms with Gasteiger partial charge < -0.3 is 5.32 Å². The fourth-order valence-electron chi connectivity index (χ4n) is 0.908. The number of hydrogen-bond donors (Lipinski definition) is 1. The molecule has 0 aliphatic heterocycles. The molecule has 0 saturated heterocycles. The second kappa shape index (κ2) is 5.90. The zero-order chi connectivity index (χ0) is 9.56. The van der Waals surface area contributed by atoms with E-state index in [1.165, 1.54) is 5.56 Å². The molecule has 2 heteroatoms. The molecule has 0 saturated carbocycles. The first-order valence-electron chi connectivity index (χ1n) is 4.18. The summed E-state index contributed by atoms with van der Waals surface area (Å²) in [5.41, 5.74) is 2.31. The lowest BCUT2D eigenvalue weighted by Gasteiger charge is -2.03. The van der Waals surface area contributed by atoms with Gasteiger partial charge in [0.15, 0.2) is 0 Å². The molecule has 12 heavy (non-hydrogen) atoms. The van der Waals surface area contributed by atoms with Crippen molar-refractivity contribution in [3.8, 4) is 0 Å². The molecule has 68 valence electrons. The van der Waals surface area contributed by atoms with Gasteiger partial charge in [0, 0.05) is 17.8 Å². The zero-order valence-corrected chi connectivity index (χ0v) is 8.87. The Kier molecular flexibility index (Phi) is 5.56. The molecule has 0 heterocycles. The molecule has 1 N–H and O–H groups in total. The van der Waals surface area contributed by atoms with Crippen LogP contribution in [0, 0.1) is 6.92 Å². The number of benzene rings is 1. The third-order valence-electron chi connectivity index (χ3n) is 1.46. The normalized spacial score (nSPS) is 8.42. The van der Waals surface area contributed by atoms with Crippen LogP contribution in [0.15, 0.2) is 18.2 Å². The van der Waals surface area contributed by atoms with Crippen molar-refractivity contribution < 1.29 is 0 Å². The molecule has 1 aromatic rings. The third-order valence-corrected chi connectivity index (χ3v) is 1.69. The minimum absolute atomic E-state index is 0.788. The van der Waals surface area contributed by atoms with Gasteiger partial charge in [-0.1, -0.05) is 25.4 Å². The summed E-state index contributed by atoms with van der Waals surface area (Å²) >= 11 is 5.75. The Morgan fingerprint density at radius 3 is 2.25 bits per heavy atom. The Labute approximate surface area is 79.8 Å². The van der Waals surface area contributed by atoms with E-state index in [1.54, 1.807) is 0 Å². The predicted octanol–water partition coefficient (Wildman–Crippen LogP) is 3.72. The van der Waals surface area contributed by atoms with E-state index < -0.39 is 0 Å². The molecule has 1 aromatic carbocycles. The van der Waals surface area contributed by atoms with Crippen LogP contribution in [-0.4, -0.2) is 7.05 Å². The van der Waals surface area contributed by atoms with Crippen molar-refractivity contribution in [1.29, 1.82) is 0 Å². The standard InChI is InChI=1S/C8H10ClN.C2H6/c1-6-5-7(9)3-4-8(6)10-2;1-2/h3-5,10H,1-2H3;1-2H3. The lowest BCUT2D eigenvalue weighted by atomic mass is 10.2. The Bertz CT molecular complexity index is 233. The highest BCUT2D eigenvalue weighted by Gasteiger charge is 1.93.